The Hall–Kier alpha value is 1.15. The first kappa shape index (κ1) is 28.3. The van der Waals surface area contributed by atoms with Gasteiger partial charge in [0.2, 0.25) is 9.23 Å². The molecule has 0 unspecified atom stereocenters. The number of aliphatic hydroxyl groups excluding tert-OH is 2. The molecule has 0 amide bonds. The Bertz CT molecular complexity index is 139. The molecule has 0 aromatic heterocycles. The molecule has 0 saturated carbocycles. The monoisotopic (exact) mass is 380 g/mol. The summed E-state index contributed by atoms with van der Waals surface area (Å²) >= 11 is 5.37. The minimum absolute atomic E-state index is 0. The number of hydrogen-bond acceptors (Lipinski definition) is 5. The molecular formula is C9H24Cl4N2O3S. The van der Waals surface area contributed by atoms with Crippen molar-refractivity contribution in [3.05, 3.63) is 0 Å². The number of aliphatic hydroxyl groups is 2. The van der Waals surface area contributed by atoms with Crippen molar-refractivity contribution in [2.24, 2.45) is 0 Å². The van der Waals surface area contributed by atoms with E-state index >= 15 is 0 Å². The van der Waals surface area contributed by atoms with Crippen LogP contribution in [0.1, 0.15) is 13.3 Å². The molecule has 5 nitrogen and oxygen atoms in total. The largest absolute Gasteiger partial charge is 0.395 e. The van der Waals surface area contributed by atoms with Crippen LogP contribution in [0.25, 0.3) is 0 Å². The van der Waals surface area contributed by atoms with E-state index in [9.17, 15) is 0 Å². The van der Waals surface area contributed by atoms with Gasteiger partial charge in [0, 0.05) is 46.9 Å². The molecule has 0 saturated heterocycles. The Morgan fingerprint density at radius 3 is 1.63 bits per heavy atom. The van der Waals surface area contributed by atoms with Crippen LogP contribution >= 0.6 is 45.4 Å². The number of alkyl halides is 1. The molecule has 0 bridgehead atoms. The predicted octanol–water partition coefficient (Wildman–Crippen LogP) is 1.25. The molecule has 0 aromatic rings. The normalized spacial score (nSPS) is 8.79. The second-order valence-electron chi connectivity index (χ2n) is 2.82. The molecule has 0 fully saturated rings. The first-order chi connectivity index (χ1) is 8.56. The van der Waals surface area contributed by atoms with Gasteiger partial charge in [-0.05, 0) is 13.0 Å². The summed E-state index contributed by atoms with van der Waals surface area (Å²) in [4.78, 5) is 0. The second kappa shape index (κ2) is 31.5. The highest BCUT2D eigenvalue weighted by atomic mass is 36.0. The standard InChI is InChI=1S/C5H12ClN.C4H11NO2.Cl2OS.ClH/c1-2-4-7-5-3-6;6-3-1-5-2-4-7;1-4(2)3;/h7H,2-5H2,1H3;5-7H,1-4H2;;1H. The van der Waals surface area contributed by atoms with Crippen LogP contribution in [0.3, 0.4) is 0 Å². The number of hydrogen-bond donors (Lipinski definition) is 4. The van der Waals surface area contributed by atoms with Gasteiger partial charge in [-0.1, -0.05) is 6.92 Å². The summed E-state index contributed by atoms with van der Waals surface area (Å²) in [7, 11) is 7.36. The van der Waals surface area contributed by atoms with E-state index in [-0.39, 0.29) is 25.6 Å². The Morgan fingerprint density at radius 2 is 1.37 bits per heavy atom. The van der Waals surface area contributed by atoms with Crippen LogP contribution < -0.4 is 10.6 Å². The van der Waals surface area contributed by atoms with Gasteiger partial charge in [0.1, 0.15) is 0 Å². The van der Waals surface area contributed by atoms with Crippen molar-refractivity contribution in [3.63, 3.8) is 0 Å². The zero-order chi connectivity index (χ0) is 14.6. The van der Waals surface area contributed by atoms with Crippen LogP contribution in [0.15, 0.2) is 0 Å². The van der Waals surface area contributed by atoms with Crippen LogP contribution in [-0.2, 0) is 9.23 Å². The zero-order valence-electron chi connectivity index (χ0n) is 10.9. The van der Waals surface area contributed by atoms with Gasteiger partial charge >= 0.3 is 0 Å². The Balaban J connectivity index is -0.0000000900. The Morgan fingerprint density at radius 1 is 1.00 bits per heavy atom. The lowest BCUT2D eigenvalue weighted by Gasteiger charge is -1.94. The van der Waals surface area contributed by atoms with E-state index < -0.39 is 9.23 Å². The molecule has 0 radical (unpaired) electrons. The fourth-order valence-electron chi connectivity index (χ4n) is 0.652. The van der Waals surface area contributed by atoms with E-state index in [1.165, 1.54) is 6.42 Å². The highest BCUT2D eigenvalue weighted by molar-refractivity contribution is 8.26. The number of halogens is 4. The summed E-state index contributed by atoms with van der Waals surface area (Å²) < 4.78 is 9.09. The fourth-order valence-corrected chi connectivity index (χ4v) is 0.785. The number of rotatable bonds is 8. The van der Waals surface area contributed by atoms with Crippen LogP contribution in [0.4, 0.5) is 0 Å². The molecule has 0 aromatic carbocycles. The summed E-state index contributed by atoms with van der Waals surface area (Å²) in [5.74, 6) is 0.722. The fraction of sp³-hybridized carbons (Fsp3) is 1.00. The van der Waals surface area contributed by atoms with Gasteiger partial charge in [0.15, 0.2) is 0 Å². The van der Waals surface area contributed by atoms with Crippen molar-refractivity contribution in [1.29, 1.82) is 0 Å². The van der Waals surface area contributed by atoms with Gasteiger partial charge < -0.3 is 20.8 Å². The molecule has 122 valence electrons. The zero-order valence-corrected chi connectivity index (χ0v) is 14.8. The first-order valence-electron chi connectivity index (χ1n) is 5.50. The van der Waals surface area contributed by atoms with E-state index in [2.05, 4.69) is 38.9 Å². The molecule has 0 aliphatic rings. The maximum absolute atomic E-state index is 9.09. The van der Waals surface area contributed by atoms with Crippen LogP contribution in [0.5, 0.6) is 0 Å². The first-order valence-corrected chi connectivity index (χ1v) is 8.83. The third-order valence-corrected chi connectivity index (χ3v) is 1.46. The smallest absolute Gasteiger partial charge is 0.211 e. The molecule has 0 spiro atoms. The lowest BCUT2D eigenvalue weighted by atomic mass is 10.5. The predicted molar refractivity (Wildman–Crippen MR) is 88.0 cm³/mol. The topological polar surface area (TPSA) is 81.6 Å². The average molecular weight is 382 g/mol. The summed E-state index contributed by atoms with van der Waals surface area (Å²) in [6, 6.07) is 0. The van der Waals surface area contributed by atoms with Crippen LogP contribution in [0.2, 0.25) is 0 Å². The molecular weight excluding hydrogens is 358 g/mol. The van der Waals surface area contributed by atoms with Gasteiger partial charge in [0.05, 0.1) is 13.2 Å². The third-order valence-electron chi connectivity index (χ3n) is 1.28. The lowest BCUT2D eigenvalue weighted by molar-refractivity contribution is 0.266. The second-order valence-corrected chi connectivity index (χ2v) is 5.72. The molecule has 19 heavy (non-hydrogen) atoms. The van der Waals surface area contributed by atoms with Crippen molar-refractivity contribution in [3.8, 4) is 0 Å². The van der Waals surface area contributed by atoms with E-state index in [1.54, 1.807) is 0 Å². The Labute approximate surface area is 138 Å². The highest BCUT2D eigenvalue weighted by Crippen LogP contribution is 1.89. The van der Waals surface area contributed by atoms with Crippen molar-refractivity contribution in [2.45, 2.75) is 13.3 Å². The van der Waals surface area contributed by atoms with Gasteiger partial charge in [-0.2, -0.15) is 0 Å². The van der Waals surface area contributed by atoms with Crippen molar-refractivity contribution in [1.82, 2.24) is 10.6 Å². The molecule has 0 aliphatic heterocycles. The minimum atomic E-state index is -1.67. The molecule has 10 heteroatoms. The van der Waals surface area contributed by atoms with E-state index in [0.717, 1.165) is 19.0 Å². The highest BCUT2D eigenvalue weighted by Gasteiger charge is 1.78. The summed E-state index contributed by atoms with van der Waals surface area (Å²) in [5, 5.41) is 22.2. The van der Waals surface area contributed by atoms with Gasteiger partial charge in [-0.15, -0.1) is 24.0 Å². The minimum Gasteiger partial charge on any atom is -0.395 e. The molecule has 0 heterocycles. The summed E-state index contributed by atoms with van der Waals surface area (Å²) in [6.45, 7) is 5.59. The van der Waals surface area contributed by atoms with Crippen molar-refractivity contribution in [2.75, 3.05) is 45.3 Å². The number of nitrogens with one attached hydrogen (secondary N) is 2. The maximum Gasteiger partial charge on any atom is 0.211 e. The van der Waals surface area contributed by atoms with Gasteiger partial charge in [-0.3, -0.25) is 0 Å². The maximum atomic E-state index is 9.09. The van der Waals surface area contributed by atoms with Crippen molar-refractivity contribution >= 4 is 54.6 Å². The van der Waals surface area contributed by atoms with Crippen molar-refractivity contribution < 1.29 is 14.4 Å². The van der Waals surface area contributed by atoms with E-state index in [4.69, 9.17) is 26.0 Å². The van der Waals surface area contributed by atoms with Gasteiger partial charge in [0.25, 0.3) is 0 Å². The van der Waals surface area contributed by atoms with Crippen LogP contribution in [-0.4, -0.2) is 59.7 Å². The summed E-state index contributed by atoms with van der Waals surface area (Å²) in [5.41, 5.74) is 0. The van der Waals surface area contributed by atoms with Crippen LogP contribution in [0, 0.1) is 0 Å². The van der Waals surface area contributed by atoms with E-state index in [0.29, 0.717) is 13.1 Å². The third kappa shape index (κ3) is 67.3. The lowest BCUT2D eigenvalue weighted by Crippen LogP contribution is -2.21. The molecule has 0 rings (SSSR count). The SMILES string of the molecule is CCCNCCCl.Cl.O=S(Cl)Cl.OCCNCCO. The van der Waals surface area contributed by atoms with Gasteiger partial charge in [-0.25, -0.2) is 4.21 Å². The molecule has 0 aliphatic carbocycles. The quantitative estimate of drug-likeness (QED) is 0.289. The Kier molecular flexibility index (Phi) is 47.0. The average Bonchev–Trinajstić information content (AvgIpc) is 2.31. The molecule has 4 N–H and O–H groups in total. The molecule has 0 atom stereocenters. The van der Waals surface area contributed by atoms with E-state index in [1.807, 2.05) is 0 Å². The summed E-state index contributed by atoms with van der Waals surface area (Å²) in [6.07, 6.45) is 1.19.